The van der Waals surface area contributed by atoms with E-state index >= 15 is 0 Å². The van der Waals surface area contributed by atoms with Crippen molar-refractivity contribution < 1.29 is 19.6 Å². The summed E-state index contributed by atoms with van der Waals surface area (Å²) in [7, 11) is 1.61. The van der Waals surface area contributed by atoms with Gasteiger partial charge in [0.15, 0.2) is 5.97 Å². The molecule has 0 aliphatic heterocycles. The van der Waals surface area contributed by atoms with Gasteiger partial charge in [-0.25, -0.2) is 9.13 Å². The lowest BCUT2D eigenvalue weighted by Crippen LogP contribution is -2.41. The van der Waals surface area contributed by atoms with Crippen LogP contribution in [0.15, 0.2) is 12.4 Å². The summed E-state index contributed by atoms with van der Waals surface area (Å²) in [6.07, 6.45) is 3.18. The number of nitrogens with zero attached hydrogens (tertiary/aromatic N) is 2. The third-order valence-corrected chi connectivity index (χ3v) is 1.60. The van der Waals surface area contributed by atoms with Crippen molar-refractivity contribution in [1.29, 1.82) is 0 Å². The number of carboxylic acid groups (broad SMARTS) is 1. The highest BCUT2D eigenvalue weighted by molar-refractivity contribution is 5.79. The summed E-state index contributed by atoms with van der Waals surface area (Å²) >= 11 is 0. The number of aryl methyl sites for hydroxylation is 1. The topological polar surface area (TPSA) is 69.2 Å². The second kappa shape index (κ2) is 3.36. The summed E-state index contributed by atoms with van der Waals surface area (Å²) in [5.74, 6) is -1.18. The monoisotopic (exact) mass is 170 g/mol. The van der Waals surface area contributed by atoms with Crippen molar-refractivity contribution >= 4 is 5.97 Å². The van der Waals surface area contributed by atoms with Gasteiger partial charge >= 0.3 is 5.82 Å². The molecule has 0 bridgehead atoms. The smallest absolute Gasteiger partial charge is 0.304 e. The van der Waals surface area contributed by atoms with E-state index in [0.717, 1.165) is 0 Å². The van der Waals surface area contributed by atoms with E-state index in [1.54, 1.807) is 19.4 Å². The molecule has 1 N–H and O–H groups in total. The van der Waals surface area contributed by atoms with Crippen LogP contribution < -0.4 is 9.67 Å². The van der Waals surface area contributed by atoms with Crippen molar-refractivity contribution in [2.24, 2.45) is 7.05 Å². The molecule has 0 amide bonds. The maximum Gasteiger partial charge on any atom is 0.304 e. The van der Waals surface area contributed by atoms with Crippen molar-refractivity contribution in [3.63, 3.8) is 0 Å². The van der Waals surface area contributed by atoms with E-state index in [4.69, 9.17) is 5.11 Å². The van der Waals surface area contributed by atoms with Crippen LogP contribution in [0.25, 0.3) is 0 Å². The molecule has 1 heterocycles. The van der Waals surface area contributed by atoms with Crippen LogP contribution in [-0.4, -0.2) is 22.2 Å². The molecule has 5 nitrogen and oxygen atoms in total. The molecule has 0 spiro atoms. The fraction of sp³-hybridized carbons (Fsp3) is 0.429. The molecule has 12 heavy (non-hydrogen) atoms. The first-order valence-corrected chi connectivity index (χ1v) is 3.53. The Bertz CT molecular complexity index is 293. The first kappa shape index (κ1) is 8.73. The largest absolute Gasteiger partial charge is 0.538 e. The van der Waals surface area contributed by atoms with Crippen LogP contribution in [0.2, 0.25) is 0 Å². The first-order valence-electron chi connectivity index (χ1n) is 3.53. The number of hydrogen-bond donors (Lipinski definition) is 1. The molecular formula is C7H10N2O3. The lowest BCUT2D eigenvalue weighted by molar-refractivity contribution is -0.675. The standard InChI is InChI=1S/C7H10N2O3/c1-8-2-3-9(4-5-10)6(8)7(11)12/h2-3,10H,4-5H2,1H3. The van der Waals surface area contributed by atoms with Crippen LogP contribution in [-0.2, 0) is 13.6 Å². The minimum absolute atomic E-state index is 0.0593. The van der Waals surface area contributed by atoms with Crippen LogP contribution in [0, 0.1) is 0 Å². The lowest BCUT2D eigenvalue weighted by Gasteiger charge is -2.00. The van der Waals surface area contributed by atoms with Crippen LogP contribution in [0.1, 0.15) is 10.6 Å². The summed E-state index contributed by atoms with van der Waals surface area (Å²) in [5.41, 5.74) is 0. The highest BCUT2D eigenvalue weighted by Gasteiger charge is 2.14. The molecule has 1 rings (SSSR count). The zero-order chi connectivity index (χ0) is 9.14. The molecule has 1 aromatic rings. The SMILES string of the molecule is C[n+]1ccn(CCO)c1C(=O)[O-]. The predicted octanol–water partition coefficient (Wildman–Crippen LogP) is -2.33. The Morgan fingerprint density at radius 2 is 2.50 bits per heavy atom. The Labute approximate surface area is 69.5 Å². The minimum atomic E-state index is -1.24. The Kier molecular flexibility index (Phi) is 2.44. The molecule has 0 radical (unpaired) electrons. The third-order valence-electron chi connectivity index (χ3n) is 1.60. The van der Waals surface area contributed by atoms with Gasteiger partial charge in [-0.2, -0.15) is 0 Å². The van der Waals surface area contributed by atoms with E-state index in [1.807, 2.05) is 0 Å². The lowest BCUT2D eigenvalue weighted by atomic mass is 10.5. The van der Waals surface area contributed by atoms with E-state index < -0.39 is 5.97 Å². The van der Waals surface area contributed by atoms with Gasteiger partial charge in [0.2, 0.25) is 0 Å². The van der Waals surface area contributed by atoms with Gasteiger partial charge in [0.25, 0.3) is 0 Å². The van der Waals surface area contributed by atoms with Gasteiger partial charge < -0.3 is 15.0 Å². The maximum atomic E-state index is 10.5. The van der Waals surface area contributed by atoms with Crippen LogP contribution >= 0.6 is 0 Å². The van der Waals surface area contributed by atoms with Gasteiger partial charge in [-0.1, -0.05) is 0 Å². The number of rotatable bonds is 3. The average molecular weight is 170 g/mol. The molecule has 0 fully saturated rings. The Morgan fingerprint density at radius 1 is 1.83 bits per heavy atom. The summed E-state index contributed by atoms with van der Waals surface area (Å²) < 4.78 is 2.86. The van der Waals surface area contributed by atoms with Crippen molar-refractivity contribution in [3.8, 4) is 0 Å². The number of aromatic nitrogens is 2. The number of hydrogen-bond acceptors (Lipinski definition) is 3. The molecule has 1 aromatic heterocycles. The van der Waals surface area contributed by atoms with Crippen molar-refractivity contribution in [1.82, 2.24) is 4.57 Å². The summed E-state index contributed by atoms with van der Waals surface area (Å²) in [6.45, 7) is 0.180. The second-order valence-corrected chi connectivity index (χ2v) is 2.44. The van der Waals surface area contributed by atoms with E-state index in [-0.39, 0.29) is 19.0 Å². The van der Waals surface area contributed by atoms with Crippen LogP contribution in [0.5, 0.6) is 0 Å². The quantitative estimate of drug-likeness (QED) is 0.517. The van der Waals surface area contributed by atoms with Gasteiger partial charge in [0.1, 0.15) is 18.9 Å². The molecular weight excluding hydrogens is 160 g/mol. The first-order chi connectivity index (χ1) is 5.66. The van der Waals surface area contributed by atoms with Crippen molar-refractivity contribution in [2.45, 2.75) is 6.54 Å². The Balaban J connectivity index is 3.04. The van der Waals surface area contributed by atoms with E-state index in [0.29, 0.717) is 0 Å². The molecule has 0 aliphatic rings. The normalized spacial score (nSPS) is 10.2. The van der Waals surface area contributed by atoms with Gasteiger partial charge in [-0.3, -0.25) is 0 Å². The zero-order valence-corrected chi connectivity index (χ0v) is 6.73. The summed E-state index contributed by atoms with van der Waals surface area (Å²) in [6, 6.07) is 0. The van der Waals surface area contributed by atoms with Crippen LogP contribution in [0.4, 0.5) is 0 Å². The van der Waals surface area contributed by atoms with Gasteiger partial charge in [-0.15, -0.1) is 0 Å². The Hall–Kier alpha value is -1.36. The molecule has 5 heteroatoms. The van der Waals surface area contributed by atoms with Gasteiger partial charge in [0.05, 0.1) is 13.7 Å². The van der Waals surface area contributed by atoms with E-state index in [9.17, 15) is 9.90 Å². The number of carbonyl (C=O) groups is 1. The number of carboxylic acids is 1. The molecule has 0 aromatic carbocycles. The highest BCUT2D eigenvalue weighted by Crippen LogP contribution is 1.92. The van der Waals surface area contributed by atoms with E-state index in [1.165, 1.54) is 9.13 Å². The van der Waals surface area contributed by atoms with E-state index in [2.05, 4.69) is 0 Å². The average Bonchev–Trinajstić information content (AvgIpc) is 2.32. The molecule has 0 saturated heterocycles. The molecule has 0 saturated carbocycles. The van der Waals surface area contributed by atoms with Crippen molar-refractivity contribution in [2.75, 3.05) is 6.61 Å². The minimum Gasteiger partial charge on any atom is -0.538 e. The second-order valence-electron chi connectivity index (χ2n) is 2.44. The maximum absolute atomic E-state index is 10.5. The Morgan fingerprint density at radius 3 is 3.00 bits per heavy atom. The number of imidazole rings is 1. The van der Waals surface area contributed by atoms with Gasteiger partial charge in [-0.05, 0) is 0 Å². The van der Waals surface area contributed by atoms with Gasteiger partial charge in [0, 0.05) is 0 Å². The number of carbonyl (C=O) groups excluding carboxylic acids is 1. The molecule has 66 valence electrons. The summed E-state index contributed by atoms with van der Waals surface area (Å²) in [4.78, 5) is 10.5. The molecule has 0 atom stereocenters. The number of aliphatic hydroxyl groups excluding tert-OH is 1. The fourth-order valence-corrected chi connectivity index (χ4v) is 1.07. The fourth-order valence-electron chi connectivity index (χ4n) is 1.07. The van der Waals surface area contributed by atoms with Crippen LogP contribution in [0.3, 0.4) is 0 Å². The molecule has 0 unspecified atom stereocenters. The predicted molar refractivity (Wildman–Crippen MR) is 37.0 cm³/mol. The zero-order valence-electron chi connectivity index (χ0n) is 6.73. The summed E-state index contributed by atoms with van der Waals surface area (Å²) in [5, 5.41) is 19.1. The highest BCUT2D eigenvalue weighted by atomic mass is 16.4. The molecule has 0 aliphatic carbocycles. The third kappa shape index (κ3) is 1.45. The number of aromatic carboxylic acids is 1. The van der Waals surface area contributed by atoms with Crippen molar-refractivity contribution in [3.05, 3.63) is 18.2 Å². The number of aliphatic hydroxyl groups is 1.